The van der Waals surface area contributed by atoms with Crippen LogP contribution in [-0.4, -0.2) is 82.5 Å². The van der Waals surface area contributed by atoms with Crippen molar-refractivity contribution in [3.8, 4) is 39.9 Å². The van der Waals surface area contributed by atoms with E-state index in [4.69, 9.17) is 23.7 Å². The highest BCUT2D eigenvalue weighted by molar-refractivity contribution is 5.84. The molecule has 272 valence electrons. The van der Waals surface area contributed by atoms with Gasteiger partial charge in [0.2, 0.25) is 29.8 Å². The molecule has 0 aromatic heterocycles. The van der Waals surface area contributed by atoms with E-state index in [1.165, 1.54) is 12.5 Å². The minimum atomic E-state index is -0.366. The Bertz CT molecular complexity index is 1810. The third kappa shape index (κ3) is 8.17. The molecule has 3 aromatic carbocycles. The summed E-state index contributed by atoms with van der Waals surface area (Å²) in [5.74, 6) is 3.15. The van der Waals surface area contributed by atoms with Gasteiger partial charge in [0, 0.05) is 58.2 Å². The lowest BCUT2D eigenvalue weighted by Gasteiger charge is -2.34. The molecule has 51 heavy (non-hydrogen) atoms. The number of nitrogens with zero attached hydrogens (tertiary/aromatic N) is 2. The largest absolute Gasteiger partial charge is 0.493 e. The first kappa shape index (κ1) is 35.8. The van der Waals surface area contributed by atoms with E-state index < -0.39 is 0 Å². The predicted octanol–water partition coefficient (Wildman–Crippen LogP) is 4.91. The Morgan fingerprint density at radius 3 is 2.41 bits per heavy atom. The highest BCUT2D eigenvalue weighted by Crippen LogP contribution is 2.50. The molecule has 2 aliphatic heterocycles. The number of benzene rings is 2. The maximum Gasteiger partial charge on any atom is 0.231 e. The second kappa shape index (κ2) is 16.4. The molecule has 0 radical (unpaired) electrons. The Labute approximate surface area is 299 Å². The van der Waals surface area contributed by atoms with Gasteiger partial charge < -0.3 is 39.2 Å². The number of ether oxygens (including phenoxy) is 5. The molecule has 12 heteroatoms. The summed E-state index contributed by atoms with van der Waals surface area (Å²) in [5.41, 5.74) is 4.79. The van der Waals surface area contributed by atoms with Gasteiger partial charge in [0.25, 0.3) is 0 Å². The Hall–Kier alpha value is -4.97. The van der Waals surface area contributed by atoms with Gasteiger partial charge >= 0.3 is 0 Å². The normalized spacial score (nSPS) is 16.4. The van der Waals surface area contributed by atoms with Crippen LogP contribution in [-0.2, 0) is 22.6 Å². The van der Waals surface area contributed by atoms with Crippen LogP contribution >= 0.6 is 0 Å². The van der Waals surface area contributed by atoms with Crippen LogP contribution in [0.2, 0.25) is 0 Å². The first-order valence-corrected chi connectivity index (χ1v) is 17.7. The Morgan fingerprint density at radius 1 is 0.882 bits per heavy atom. The van der Waals surface area contributed by atoms with Gasteiger partial charge in [0.1, 0.15) is 0 Å². The molecule has 2 amide bonds. The monoisotopic (exact) mass is 700 g/mol. The molecule has 0 bridgehead atoms. The van der Waals surface area contributed by atoms with Crippen molar-refractivity contribution in [3.05, 3.63) is 69.4 Å². The highest BCUT2D eigenvalue weighted by atomic mass is 16.7. The molecule has 1 saturated heterocycles. The average molecular weight is 701 g/mol. The van der Waals surface area contributed by atoms with Crippen LogP contribution in [0, 0.1) is 0 Å². The number of hydrogen-bond donors (Lipinski definition) is 2. The molecule has 0 saturated carbocycles. The SMILES string of the molecule is COc1cc2c(c(OC)c1OC)-c1ccc(NCCCCCC(=O)N3CCN(Cc4ccc5c(c4)OCO5)CC3)c(=O)cc1C(NC(C)=O)CC2. The molecular formula is C39H48N4O8. The number of carbonyl (C=O) groups is 2. The average Bonchev–Trinajstić information content (AvgIpc) is 3.48. The zero-order valence-electron chi connectivity index (χ0n) is 30.0. The fourth-order valence-electron chi connectivity index (χ4n) is 7.27. The number of fused-ring (bicyclic) bond motifs is 4. The smallest absolute Gasteiger partial charge is 0.231 e. The van der Waals surface area contributed by atoms with E-state index >= 15 is 0 Å². The summed E-state index contributed by atoms with van der Waals surface area (Å²) in [6.07, 6.45) is 4.22. The fraction of sp³-hybridized carbons (Fsp3) is 0.462. The number of aryl methyl sites for hydroxylation is 1. The molecule has 3 aliphatic rings. The Kier molecular flexibility index (Phi) is 11.5. The summed E-state index contributed by atoms with van der Waals surface area (Å²) in [6, 6.07) is 13.0. The zero-order valence-corrected chi connectivity index (χ0v) is 30.0. The number of nitrogens with one attached hydrogen (secondary N) is 2. The zero-order chi connectivity index (χ0) is 35.9. The second-order valence-electron chi connectivity index (χ2n) is 13.2. The molecule has 12 nitrogen and oxygen atoms in total. The lowest BCUT2D eigenvalue weighted by molar-refractivity contribution is -0.133. The molecule has 6 rings (SSSR count). The lowest BCUT2D eigenvalue weighted by Crippen LogP contribution is -2.48. The van der Waals surface area contributed by atoms with Crippen molar-refractivity contribution in [1.29, 1.82) is 0 Å². The van der Waals surface area contributed by atoms with E-state index in [-0.39, 0.29) is 30.1 Å². The van der Waals surface area contributed by atoms with Gasteiger partial charge in [0.05, 0.1) is 33.1 Å². The highest BCUT2D eigenvalue weighted by Gasteiger charge is 2.29. The van der Waals surface area contributed by atoms with Gasteiger partial charge in [-0.05, 0) is 78.3 Å². The van der Waals surface area contributed by atoms with Crippen molar-refractivity contribution in [1.82, 2.24) is 15.1 Å². The minimum Gasteiger partial charge on any atom is -0.493 e. The van der Waals surface area contributed by atoms with E-state index in [1.807, 2.05) is 29.2 Å². The number of hydrogen-bond acceptors (Lipinski definition) is 10. The number of amides is 2. The summed E-state index contributed by atoms with van der Waals surface area (Å²) < 4.78 is 28.1. The molecule has 2 heterocycles. The molecule has 1 aliphatic carbocycles. The summed E-state index contributed by atoms with van der Waals surface area (Å²) in [5, 5.41) is 6.36. The van der Waals surface area contributed by atoms with Gasteiger partial charge in [-0.2, -0.15) is 0 Å². The predicted molar refractivity (Wildman–Crippen MR) is 194 cm³/mol. The number of anilines is 1. The van der Waals surface area contributed by atoms with E-state index in [0.717, 1.165) is 85.7 Å². The van der Waals surface area contributed by atoms with Gasteiger partial charge in [-0.3, -0.25) is 19.3 Å². The van der Waals surface area contributed by atoms with E-state index in [0.29, 0.717) is 48.7 Å². The second-order valence-corrected chi connectivity index (χ2v) is 13.2. The van der Waals surface area contributed by atoms with Crippen LogP contribution < -0.4 is 39.7 Å². The summed E-state index contributed by atoms with van der Waals surface area (Å²) in [4.78, 5) is 43.1. The van der Waals surface area contributed by atoms with Gasteiger partial charge in [-0.1, -0.05) is 18.6 Å². The van der Waals surface area contributed by atoms with Crippen molar-refractivity contribution in [3.63, 3.8) is 0 Å². The van der Waals surface area contributed by atoms with E-state index in [1.54, 1.807) is 33.5 Å². The van der Waals surface area contributed by atoms with E-state index in [2.05, 4.69) is 21.6 Å². The molecule has 1 fully saturated rings. The van der Waals surface area contributed by atoms with Crippen molar-refractivity contribution in [2.75, 3.05) is 66.2 Å². The van der Waals surface area contributed by atoms with Crippen molar-refractivity contribution in [2.24, 2.45) is 0 Å². The summed E-state index contributed by atoms with van der Waals surface area (Å²) in [6.45, 7) is 6.30. The fourth-order valence-corrected chi connectivity index (χ4v) is 7.27. The van der Waals surface area contributed by atoms with Crippen LogP contribution in [0.25, 0.3) is 11.1 Å². The summed E-state index contributed by atoms with van der Waals surface area (Å²) >= 11 is 0. The van der Waals surface area contributed by atoms with Gasteiger partial charge in [0.15, 0.2) is 23.0 Å². The molecule has 1 atom stereocenters. The molecular weight excluding hydrogens is 652 g/mol. The minimum absolute atomic E-state index is 0.165. The third-order valence-corrected chi connectivity index (χ3v) is 9.87. The number of methoxy groups -OCH3 is 3. The Morgan fingerprint density at radius 2 is 1.67 bits per heavy atom. The Balaban J connectivity index is 1.03. The number of piperazine rings is 1. The molecule has 2 N–H and O–H groups in total. The maximum atomic E-state index is 13.6. The van der Waals surface area contributed by atoms with Crippen molar-refractivity contribution >= 4 is 17.5 Å². The molecule has 0 spiro atoms. The molecule has 1 unspecified atom stereocenters. The van der Waals surface area contributed by atoms with Gasteiger partial charge in [-0.15, -0.1) is 0 Å². The van der Waals surface area contributed by atoms with Crippen LogP contribution in [0.4, 0.5) is 5.69 Å². The first-order valence-electron chi connectivity index (χ1n) is 17.7. The maximum absolute atomic E-state index is 13.6. The topological polar surface area (TPSA) is 128 Å². The van der Waals surface area contributed by atoms with Crippen LogP contribution in [0.5, 0.6) is 28.7 Å². The number of rotatable bonds is 13. The molecule has 3 aromatic rings. The standard InChI is InChI=1S/C39H48N4O8/c1-25(44)41-30-12-10-27-21-35(47-2)38(48-3)39(49-4)37(27)28-11-13-31(32(45)22-29(28)30)40-15-7-5-6-8-36(46)43-18-16-42(17-19-43)23-26-9-14-33-34(20-26)51-24-50-33/h9,11,13-14,20-22,30H,5-8,10,12,15-19,23-24H2,1-4H3,(H,40,45)(H,41,44). The first-order chi connectivity index (χ1) is 24.8. The number of unbranched alkanes of at least 4 members (excludes halogenated alkanes) is 2. The van der Waals surface area contributed by atoms with Crippen LogP contribution in [0.15, 0.2) is 47.3 Å². The number of carbonyl (C=O) groups excluding carboxylic acids is 2. The van der Waals surface area contributed by atoms with Gasteiger partial charge in [-0.25, -0.2) is 0 Å². The van der Waals surface area contributed by atoms with Crippen LogP contribution in [0.1, 0.15) is 61.8 Å². The van der Waals surface area contributed by atoms with Crippen molar-refractivity contribution < 1.29 is 33.3 Å². The van der Waals surface area contributed by atoms with Crippen LogP contribution in [0.3, 0.4) is 0 Å². The quantitative estimate of drug-likeness (QED) is 0.238. The summed E-state index contributed by atoms with van der Waals surface area (Å²) in [7, 11) is 4.73. The third-order valence-electron chi connectivity index (χ3n) is 9.87. The lowest BCUT2D eigenvalue weighted by atomic mass is 9.95. The van der Waals surface area contributed by atoms with E-state index in [9.17, 15) is 14.4 Å². The van der Waals surface area contributed by atoms with Crippen molar-refractivity contribution in [2.45, 2.75) is 58.0 Å².